The van der Waals surface area contributed by atoms with Crippen LogP contribution in [0.1, 0.15) is 16.7 Å². The van der Waals surface area contributed by atoms with Gasteiger partial charge in [0.15, 0.2) is 0 Å². The monoisotopic (exact) mass is 311 g/mol. The van der Waals surface area contributed by atoms with E-state index >= 15 is 0 Å². The number of nitrogens with zero attached hydrogens (tertiary/aromatic N) is 2. The summed E-state index contributed by atoms with van der Waals surface area (Å²) < 4.78 is 1.55. The van der Waals surface area contributed by atoms with Crippen LogP contribution in [0.15, 0.2) is 47.4 Å². The van der Waals surface area contributed by atoms with E-state index in [1.54, 1.807) is 30.9 Å². The molecule has 0 radical (unpaired) electrons. The van der Waals surface area contributed by atoms with Crippen LogP contribution in [0.2, 0.25) is 0 Å². The van der Waals surface area contributed by atoms with Gasteiger partial charge in [0.05, 0.1) is 6.04 Å². The zero-order valence-electron chi connectivity index (χ0n) is 13.5. The summed E-state index contributed by atoms with van der Waals surface area (Å²) in [6, 6.07) is 11.6. The highest BCUT2D eigenvalue weighted by atomic mass is 16.2. The summed E-state index contributed by atoms with van der Waals surface area (Å²) in [5.74, 6) is 0.0170. The Morgan fingerprint density at radius 3 is 2.70 bits per heavy atom. The average molecular weight is 311 g/mol. The van der Waals surface area contributed by atoms with Crippen molar-refractivity contribution >= 4 is 5.91 Å². The number of pyridine rings is 1. The van der Waals surface area contributed by atoms with E-state index < -0.39 is 0 Å². The Balaban J connectivity index is 1.89. The van der Waals surface area contributed by atoms with E-state index in [2.05, 4.69) is 22.3 Å². The Morgan fingerprint density at radius 1 is 1.26 bits per heavy atom. The van der Waals surface area contributed by atoms with E-state index in [4.69, 9.17) is 0 Å². The molecule has 5 heteroatoms. The second-order valence-electron chi connectivity index (χ2n) is 5.99. The van der Waals surface area contributed by atoms with Crippen LogP contribution in [0.5, 0.6) is 0 Å². The van der Waals surface area contributed by atoms with Gasteiger partial charge in [0, 0.05) is 39.4 Å². The normalized spacial score (nSPS) is 17.6. The maximum atomic E-state index is 12.3. The molecule has 1 aromatic carbocycles. The number of aromatic nitrogens is 1. The molecule has 2 aromatic rings. The number of hydrogen-bond donors (Lipinski definition) is 1. The zero-order chi connectivity index (χ0) is 16.4. The highest BCUT2D eigenvalue weighted by molar-refractivity contribution is 5.82. The van der Waals surface area contributed by atoms with E-state index in [9.17, 15) is 9.59 Å². The van der Waals surface area contributed by atoms with Crippen molar-refractivity contribution in [3.63, 3.8) is 0 Å². The van der Waals surface area contributed by atoms with Crippen LogP contribution < -0.4 is 10.9 Å². The molecule has 1 amide bonds. The van der Waals surface area contributed by atoms with E-state index in [1.807, 2.05) is 18.2 Å². The molecule has 3 rings (SSSR count). The second kappa shape index (κ2) is 6.38. The summed E-state index contributed by atoms with van der Waals surface area (Å²) in [6.07, 6.45) is 2.46. The Bertz CT molecular complexity index is 782. The van der Waals surface area contributed by atoms with E-state index in [-0.39, 0.29) is 17.5 Å². The summed E-state index contributed by atoms with van der Waals surface area (Å²) in [5, 5.41) is 2.76. The van der Waals surface area contributed by atoms with Crippen LogP contribution in [-0.4, -0.2) is 28.5 Å². The number of benzene rings is 1. The molecule has 1 N–H and O–H groups in total. The number of rotatable bonds is 3. The highest BCUT2D eigenvalue weighted by Gasteiger charge is 2.30. The number of hydrogen-bond acceptors (Lipinski definition) is 3. The van der Waals surface area contributed by atoms with Crippen molar-refractivity contribution in [2.45, 2.75) is 25.6 Å². The minimum absolute atomic E-state index is 0.0170. The first kappa shape index (κ1) is 15.5. The Hall–Kier alpha value is -2.40. The van der Waals surface area contributed by atoms with Crippen LogP contribution in [0.4, 0.5) is 0 Å². The van der Waals surface area contributed by atoms with Crippen molar-refractivity contribution in [2.75, 3.05) is 7.05 Å². The van der Waals surface area contributed by atoms with E-state index in [1.165, 1.54) is 11.1 Å². The third-order valence-electron chi connectivity index (χ3n) is 4.45. The van der Waals surface area contributed by atoms with Gasteiger partial charge in [-0.15, -0.1) is 0 Å². The van der Waals surface area contributed by atoms with Crippen molar-refractivity contribution in [1.82, 2.24) is 14.8 Å². The van der Waals surface area contributed by atoms with Crippen molar-refractivity contribution in [2.24, 2.45) is 7.05 Å². The fourth-order valence-corrected chi connectivity index (χ4v) is 3.09. The number of carbonyl (C=O) groups is 1. The Morgan fingerprint density at radius 2 is 2.00 bits per heavy atom. The average Bonchev–Trinajstić information content (AvgIpc) is 2.57. The number of amides is 1. The van der Waals surface area contributed by atoms with Crippen LogP contribution in [0.25, 0.3) is 0 Å². The van der Waals surface area contributed by atoms with Gasteiger partial charge in [-0.3, -0.25) is 14.5 Å². The lowest BCUT2D eigenvalue weighted by molar-refractivity contribution is -0.126. The lowest BCUT2D eigenvalue weighted by Crippen LogP contribution is -2.49. The topological polar surface area (TPSA) is 54.3 Å². The highest BCUT2D eigenvalue weighted by Crippen LogP contribution is 2.24. The second-order valence-corrected chi connectivity index (χ2v) is 5.99. The molecule has 0 aliphatic carbocycles. The number of aryl methyl sites for hydroxylation is 1. The van der Waals surface area contributed by atoms with Gasteiger partial charge in [-0.1, -0.05) is 24.3 Å². The van der Waals surface area contributed by atoms with Gasteiger partial charge in [-0.05, 0) is 29.2 Å². The molecule has 0 saturated heterocycles. The molecule has 1 aliphatic heterocycles. The predicted octanol–water partition coefficient (Wildman–Crippen LogP) is 1.06. The molecular weight excluding hydrogens is 290 g/mol. The minimum Gasteiger partial charge on any atom is -0.358 e. The predicted molar refractivity (Wildman–Crippen MR) is 88.9 cm³/mol. The van der Waals surface area contributed by atoms with Gasteiger partial charge in [0.25, 0.3) is 5.56 Å². The molecule has 2 heterocycles. The van der Waals surface area contributed by atoms with Gasteiger partial charge in [-0.25, -0.2) is 0 Å². The van der Waals surface area contributed by atoms with Crippen LogP contribution in [-0.2, 0) is 31.4 Å². The zero-order valence-corrected chi connectivity index (χ0v) is 13.5. The first-order valence-corrected chi connectivity index (χ1v) is 7.76. The van der Waals surface area contributed by atoms with E-state index in [0.717, 1.165) is 5.56 Å². The molecule has 1 aliphatic rings. The molecule has 0 fully saturated rings. The number of nitrogens with one attached hydrogen (secondary N) is 1. The quantitative estimate of drug-likeness (QED) is 0.922. The third-order valence-corrected chi connectivity index (χ3v) is 4.45. The van der Waals surface area contributed by atoms with E-state index in [0.29, 0.717) is 19.5 Å². The van der Waals surface area contributed by atoms with Gasteiger partial charge in [-0.2, -0.15) is 0 Å². The van der Waals surface area contributed by atoms with Crippen LogP contribution in [0.3, 0.4) is 0 Å². The molecule has 1 atom stereocenters. The smallest absolute Gasteiger partial charge is 0.250 e. The lowest BCUT2D eigenvalue weighted by Gasteiger charge is -2.35. The van der Waals surface area contributed by atoms with Crippen molar-refractivity contribution < 1.29 is 4.79 Å². The van der Waals surface area contributed by atoms with Crippen molar-refractivity contribution in [1.29, 1.82) is 0 Å². The Kier molecular flexibility index (Phi) is 4.30. The number of fused-ring (bicyclic) bond motifs is 1. The molecule has 1 aromatic heterocycles. The first-order chi connectivity index (χ1) is 11.1. The third kappa shape index (κ3) is 3.19. The van der Waals surface area contributed by atoms with Gasteiger partial charge < -0.3 is 9.88 Å². The number of likely N-dealkylation sites (N-methyl/N-ethyl adjacent to an activating group) is 1. The molecular formula is C18H21N3O2. The molecule has 23 heavy (non-hydrogen) atoms. The summed E-state index contributed by atoms with van der Waals surface area (Å²) >= 11 is 0. The summed E-state index contributed by atoms with van der Waals surface area (Å²) in [4.78, 5) is 26.2. The summed E-state index contributed by atoms with van der Waals surface area (Å²) in [7, 11) is 3.40. The first-order valence-electron chi connectivity index (χ1n) is 7.76. The molecule has 1 unspecified atom stereocenters. The summed E-state index contributed by atoms with van der Waals surface area (Å²) in [6.45, 7) is 1.30. The molecule has 0 spiro atoms. The van der Waals surface area contributed by atoms with Crippen molar-refractivity contribution in [3.8, 4) is 0 Å². The number of carbonyl (C=O) groups excluding carboxylic acids is 1. The minimum atomic E-state index is -0.209. The molecule has 0 saturated carbocycles. The van der Waals surface area contributed by atoms with Gasteiger partial charge in [0.1, 0.15) is 0 Å². The van der Waals surface area contributed by atoms with Crippen LogP contribution in [0, 0.1) is 0 Å². The van der Waals surface area contributed by atoms with Gasteiger partial charge in [0.2, 0.25) is 5.91 Å². The van der Waals surface area contributed by atoms with Gasteiger partial charge >= 0.3 is 0 Å². The SMILES string of the molecule is CNC(=O)C1Cc2ccccc2CN1Cc1ccn(C)c(=O)c1. The molecule has 5 nitrogen and oxygen atoms in total. The van der Waals surface area contributed by atoms with Crippen molar-refractivity contribution in [3.05, 3.63) is 69.6 Å². The van der Waals surface area contributed by atoms with Crippen LogP contribution >= 0.6 is 0 Å². The molecule has 120 valence electrons. The lowest BCUT2D eigenvalue weighted by atomic mass is 9.93. The molecule has 0 bridgehead atoms. The maximum Gasteiger partial charge on any atom is 0.250 e. The standard InChI is InChI=1S/C18H21N3O2/c1-19-18(23)16-10-14-5-3-4-6-15(14)12-21(16)11-13-7-8-20(2)17(22)9-13/h3-9,16H,10-12H2,1-2H3,(H,19,23). The largest absolute Gasteiger partial charge is 0.358 e. The maximum absolute atomic E-state index is 12.3. The fraction of sp³-hybridized carbons (Fsp3) is 0.333. The Labute approximate surface area is 135 Å². The fourth-order valence-electron chi connectivity index (χ4n) is 3.09. The summed E-state index contributed by atoms with van der Waals surface area (Å²) in [5.41, 5.74) is 3.37.